The van der Waals surface area contributed by atoms with Crippen molar-refractivity contribution < 1.29 is 5.11 Å². The number of hydrogen-bond donors (Lipinski definition) is 2. The molecule has 0 amide bonds. The number of phenolic OH excluding ortho intramolecular Hbond substituents is 1. The zero-order valence-electron chi connectivity index (χ0n) is 8.50. The van der Waals surface area contributed by atoms with Gasteiger partial charge in [-0.1, -0.05) is 25.4 Å². The molecule has 0 aliphatic rings. The van der Waals surface area contributed by atoms with Crippen LogP contribution in [0.1, 0.15) is 25.3 Å². The van der Waals surface area contributed by atoms with E-state index in [-0.39, 0.29) is 11.7 Å². The molecule has 1 aromatic rings. The maximum atomic E-state index is 9.39. The highest BCUT2D eigenvalue weighted by atomic mass is 35.5. The smallest absolute Gasteiger partial charge is 0.117 e. The van der Waals surface area contributed by atoms with Gasteiger partial charge in [0.2, 0.25) is 0 Å². The summed E-state index contributed by atoms with van der Waals surface area (Å²) in [5, 5.41) is 9.95. The summed E-state index contributed by atoms with van der Waals surface area (Å²) < 4.78 is 0. The molecule has 14 heavy (non-hydrogen) atoms. The number of aromatic hydroxyl groups is 1. The van der Waals surface area contributed by atoms with Gasteiger partial charge in [-0.25, -0.2) is 0 Å². The largest absolute Gasteiger partial charge is 0.508 e. The summed E-state index contributed by atoms with van der Waals surface area (Å²) in [7, 11) is 0. The van der Waals surface area contributed by atoms with E-state index in [4.69, 9.17) is 17.3 Å². The van der Waals surface area contributed by atoms with Crippen molar-refractivity contribution in [2.45, 2.75) is 19.8 Å². The first-order chi connectivity index (χ1) is 6.54. The third-order valence-corrected chi connectivity index (χ3v) is 2.61. The molecule has 78 valence electrons. The van der Waals surface area contributed by atoms with Crippen LogP contribution in [0.3, 0.4) is 0 Å². The molecule has 1 atom stereocenters. The molecule has 1 aromatic carbocycles. The van der Waals surface area contributed by atoms with Crippen molar-refractivity contribution in [2.75, 3.05) is 6.54 Å². The van der Waals surface area contributed by atoms with Crippen molar-refractivity contribution in [2.24, 2.45) is 11.7 Å². The summed E-state index contributed by atoms with van der Waals surface area (Å²) in [5.41, 5.74) is 6.69. The fourth-order valence-corrected chi connectivity index (χ4v) is 1.84. The zero-order chi connectivity index (χ0) is 10.7. The van der Waals surface area contributed by atoms with Crippen LogP contribution in [-0.2, 0) is 0 Å². The van der Waals surface area contributed by atoms with E-state index in [2.05, 4.69) is 13.8 Å². The van der Waals surface area contributed by atoms with E-state index < -0.39 is 0 Å². The average molecular weight is 214 g/mol. The molecule has 1 rings (SSSR count). The normalized spacial score (nSPS) is 13.2. The second kappa shape index (κ2) is 4.67. The van der Waals surface area contributed by atoms with Gasteiger partial charge < -0.3 is 10.8 Å². The quantitative estimate of drug-likeness (QED) is 0.811. The molecule has 0 radical (unpaired) electrons. The fourth-order valence-electron chi connectivity index (χ4n) is 1.60. The van der Waals surface area contributed by atoms with E-state index in [1.165, 1.54) is 6.07 Å². The summed E-state index contributed by atoms with van der Waals surface area (Å²) in [6.45, 7) is 4.78. The van der Waals surface area contributed by atoms with Crippen LogP contribution in [0.5, 0.6) is 5.75 Å². The minimum absolute atomic E-state index is 0.201. The third-order valence-electron chi connectivity index (χ3n) is 2.39. The Morgan fingerprint density at radius 3 is 2.43 bits per heavy atom. The van der Waals surface area contributed by atoms with E-state index in [1.807, 2.05) is 6.07 Å². The summed E-state index contributed by atoms with van der Waals surface area (Å²) in [5.74, 6) is 0.893. The Bertz CT molecular complexity index is 292. The minimum atomic E-state index is 0.201. The van der Waals surface area contributed by atoms with Gasteiger partial charge in [-0.05, 0) is 42.1 Å². The van der Waals surface area contributed by atoms with Gasteiger partial charge in [-0.3, -0.25) is 0 Å². The molecule has 0 bridgehead atoms. The van der Waals surface area contributed by atoms with Gasteiger partial charge in [-0.2, -0.15) is 0 Å². The maximum Gasteiger partial charge on any atom is 0.117 e. The highest BCUT2D eigenvalue weighted by molar-refractivity contribution is 6.30. The van der Waals surface area contributed by atoms with Crippen LogP contribution in [0.25, 0.3) is 0 Å². The van der Waals surface area contributed by atoms with E-state index in [0.717, 1.165) is 5.56 Å². The second-order valence-corrected chi connectivity index (χ2v) is 4.27. The highest BCUT2D eigenvalue weighted by Crippen LogP contribution is 2.29. The van der Waals surface area contributed by atoms with Crippen molar-refractivity contribution in [1.29, 1.82) is 0 Å². The van der Waals surface area contributed by atoms with Crippen LogP contribution in [-0.4, -0.2) is 11.7 Å². The highest BCUT2D eigenvalue weighted by Gasteiger charge is 2.14. The number of nitrogens with two attached hydrogens (primary N) is 1. The van der Waals surface area contributed by atoms with Crippen LogP contribution in [0.2, 0.25) is 5.02 Å². The van der Waals surface area contributed by atoms with Crippen LogP contribution in [0.15, 0.2) is 18.2 Å². The Kier molecular flexibility index (Phi) is 3.78. The second-order valence-electron chi connectivity index (χ2n) is 3.83. The molecule has 1 unspecified atom stereocenters. The minimum Gasteiger partial charge on any atom is -0.508 e. The van der Waals surface area contributed by atoms with Crippen LogP contribution < -0.4 is 5.73 Å². The standard InChI is InChI=1S/C11H16ClNO/c1-7(2)11(6-13)8-3-9(12)5-10(14)4-8/h3-5,7,11,14H,6,13H2,1-2H3. The number of phenols is 1. The molecular weight excluding hydrogens is 198 g/mol. The molecule has 0 fully saturated rings. The van der Waals surface area contributed by atoms with E-state index in [0.29, 0.717) is 17.5 Å². The van der Waals surface area contributed by atoms with Gasteiger partial charge in [0.25, 0.3) is 0 Å². The zero-order valence-corrected chi connectivity index (χ0v) is 9.25. The molecule has 0 saturated carbocycles. The monoisotopic (exact) mass is 213 g/mol. The molecule has 2 nitrogen and oxygen atoms in total. The number of halogens is 1. The predicted molar refractivity (Wildman–Crippen MR) is 59.8 cm³/mol. The van der Waals surface area contributed by atoms with Crippen molar-refractivity contribution in [1.82, 2.24) is 0 Å². The molecule has 0 aliphatic carbocycles. The van der Waals surface area contributed by atoms with Gasteiger partial charge in [0, 0.05) is 5.02 Å². The molecule has 3 heteroatoms. The molecule has 3 N–H and O–H groups in total. The first kappa shape index (κ1) is 11.3. The topological polar surface area (TPSA) is 46.2 Å². The maximum absolute atomic E-state index is 9.39. The first-order valence-electron chi connectivity index (χ1n) is 4.74. The Balaban J connectivity index is 3.04. The summed E-state index contributed by atoms with van der Waals surface area (Å²) in [4.78, 5) is 0. The van der Waals surface area contributed by atoms with Crippen LogP contribution >= 0.6 is 11.6 Å². The molecular formula is C11H16ClNO. The molecule has 0 saturated heterocycles. The lowest BCUT2D eigenvalue weighted by atomic mass is 9.88. The van der Waals surface area contributed by atoms with Gasteiger partial charge in [0.05, 0.1) is 0 Å². The first-order valence-corrected chi connectivity index (χ1v) is 5.12. The lowest BCUT2D eigenvalue weighted by Crippen LogP contribution is -2.17. The van der Waals surface area contributed by atoms with Crippen molar-refractivity contribution >= 4 is 11.6 Å². The lowest BCUT2D eigenvalue weighted by Gasteiger charge is -2.19. The fraction of sp³-hybridized carbons (Fsp3) is 0.455. The number of benzene rings is 1. The van der Waals surface area contributed by atoms with Gasteiger partial charge >= 0.3 is 0 Å². The van der Waals surface area contributed by atoms with E-state index in [9.17, 15) is 5.11 Å². The molecule has 0 aliphatic heterocycles. The van der Waals surface area contributed by atoms with Gasteiger partial charge in [0.1, 0.15) is 5.75 Å². The van der Waals surface area contributed by atoms with E-state index in [1.54, 1.807) is 6.07 Å². The number of rotatable bonds is 3. The summed E-state index contributed by atoms with van der Waals surface area (Å²) in [6, 6.07) is 5.11. The molecule has 0 spiro atoms. The number of hydrogen-bond acceptors (Lipinski definition) is 2. The van der Waals surface area contributed by atoms with Crippen molar-refractivity contribution in [3.63, 3.8) is 0 Å². The Hall–Kier alpha value is -0.730. The summed E-state index contributed by atoms with van der Waals surface area (Å²) >= 11 is 5.86. The Morgan fingerprint density at radius 1 is 1.36 bits per heavy atom. The molecule has 0 aromatic heterocycles. The summed E-state index contributed by atoms with van der Waals surface area (Å²) in [6.07, 6.45) is 0. The van der Waals surface area contributed by atoms with Crippen molar-refractivity contribution in [3.8, 4) is 5.75 Å². The van der Waals surface area contributed by atoms with Crippen LogP contribution in [0.4, 0.5) is 0 Å². The Labute approximate surface area is 89.7 Å². The molecule has 0 heterocycles. The lowest BCUT2D eigenvalue weighted by molar-refractivity contribution is 0.468. The van der Waals surface area contributed by atoms with Gasteiger partial charge in [0.15, 0.2) is 0 Å². The van der Waals surface area contributed by atoms with Crippen LogP contribution in [0, 0.1) is 5.92 Å². The SMILES string of the molecule is CC(C)C(CN)c1cc(O)cc(Cl)c1. The van der Waals surface area contributed by atoms with E-state index >= 15 is 0 Å². The Morgan fingerprint density at radius 2 is 2.00 bits per heavy atom. The van der Waals surface area contributed by atoms with Gasteiger partial charge in [-0.15, -0.1) is 0 Å². The van der Waals surface area contributed by atoms with Crippen molar-refractivity contribution in [3.05, 3.63) is 28.8 Å². The predicted octanol–water partition coefficient (Wildman–Crippen LogP) is 2.74. The average Bonchev–Trinajstić information content (AvgIpc) is 2.02. The third kappa shape index (κ3) is 2.63.